The minimum atomic E-state index is -0.173. The van der Waals surface area contributed by atoms with Gasteiger partial charge in [-0.1, -0.05) is 19.1 Å². The Hall–Kier alpha value is -2.45. The Morgan fingerprint density at radius 2 is 1.57 bits per heavy atom. The Labute approximate surface area is 210 Å². The number of carbonyl (C=O) groups is 3. The summed E-state index contributed by atoms with van der Waals surface area (Å²) >= 11 is 0. The molecule has 2 aliphatic rings. The Bertz CT molecular complexity index is 876. The van der Waals surface area contributed by atoms with Crippen molar-refractivity contribution in [1.29, 1.82) is 0 Å². The van der Waals surface area contributed by atoms with E-state index in [1.165, 1.54) is 6.42 Å². The van der Waals surface area contributed by atoms with Crippen molar-refractivity contribution in [3.8, 4) is 0 Å². The van der Waals surface area contributed by atoms with Gasteiger partial charge in [0.2, 0.25) is 17.7 Å². The van der Waals surface area contributed by atoms with Crippen LogP contribution < -0.4 is 5.32 Å². The van der Waals surface area contributed by atoms with E-state index in [0.29, 0.717) is 13.1 Å². The number of amides is 3. The lowest BCUT2D eigenvalue weighted by Crippen LogP contribution is -2.54. The van der Waals surface area contributed by atoms with Crippen molar-refractivity contribution in [2.24, 2.45) is 0 Å². The summed E-state index contributed by atoms with van der Waals surface area (Å²) in [6, 6.07) is 5.82. The van der Waals surface area contributed by atoms with Gasteiger partial charge in [0.25, 0.3) is 0 Å². The molecule has 0 aliphatic carbocycles. The van der Waals surface area contributed by atoms with E-state index in [0.717, 1.165) is 75.3 Å². The van der Waals surface area contributed by atoms with Gasteiger partial charge in [-0.15, -0.1) is 0 Å². The summed E-state index contributed by atoms with van der Waals surface area (Å²) in [5.41, 5.74) is 2.95. The fourth-order valence-corrected chi connectivity index (χ4v) is 4.76. The predicted molar refractivity (Wildman–Crippen MR) is 139 cm³/mol. The van der Waals surface area contributed by atoms with Gasteiger partial charge in [-0.05, 0) is 63.6 Å². The number of hydrogen-bond donors (Lipinski definition) is 1. The first kappa shape index (κ1) is 27.1. The third-order valence-corrected chi connectivity index (χ3v) is 7.53. The van der Waals surface area contributed by atoms with Crippen molar-refractivity contribution in [2.45, 2.75) is 59.4 Å². The maximum atomic E-state index is 13.2. The van der Waals surface area contributed by atoms with Gasteiger partial charge < -0.3 is 15.1 Å². The van der Waals surface area contributed by atoms with E-state index >= 15 is 0 Å². The van der Waals surface area contributed by atoms with Gasteiger partial charge in [0.15, 0.2) is 0 Å². The van der Waals surface area contributed by atoms with Gasteiger partial charge in [-0.2, -0.15) is 0 Å². The summed E-state index contributed by atoms with van der Waals surface area (Å²) in [5, 5.41) is 2.98. The van der Waals surface area contributed by atoms with E-state index in [1.54, 1.807) is 4.90 Å². The molecule has 8 heteroatoms. The van der Waals surface area contributed by atoms with Crippen molar-refractivity contribution >= 4 is 23.4 Å². The Balaban J connectivity index is 1.49. The van der Waals surface area contributed by atoms with Crippen LogP contribution >= 0.6 is 0 Å². The number of piperazine rings is 1. The normalized spacial score (nSPS) is 18.2. The topological polar surface area (TPSA) is 76.2 Å². The van der Waals surface area contributed by atoms with Crippen LogP contribution in [0.1, 0.15) is 50.7 Å². The van der Waals surface area contributed by atoms with Crippen LogP contribution in [0.25, 0.3) is 0 Å². The molecule has 35 heavy (non-hydrogen) atoms. The molecule has 0 aromatic heterocycles. The van der Waals surface area contributed by atoms with Gasteiger partial charge in [-0.25, -0.2) is 0 Å². The van der Waals surface area contributed by atoms with Crippen molar-refractivity contribution in [2.75, 3.05) is 64.2 Å². The fourth-order valence-electron chi connectivity index (χ4n) is 4.76. The number of anilines is 1. The number of nitrogens with one attached hydrogen (secondary N) is 1. The quantitative estimate of drug-likeness (QED) is 0.582. The third-order valence-electron chi connectivity index (χ3n) is 7.53. The van der Waals surface area contributed by atoms with E-state index in [4.69, 9.17) is 0 Å². The molecule has 0 radical (unpaired) electrons. The molecule has 1 unspecified atom stereocenters. The molecule has 3 rings (SSSR count). The van der Waals surface area contributed by atoms with E-state index in [9.17, 15) is 14.4 Å². The fraction of sp³-hybridized carbons (Fsp3) is 0.667. The number of piperidine rings is 1. The average Bonchev–Trinajstić information content (AvgIpc) is 2.86. The molecule has 8 nitrogen and oxygen atoms in total. The SMILES string of the molecule is CCC(C)N(CC(=O)Nc1cccc(C)c1C)C(=O)CN1CCN(CC(=O)N2CCCCC2)CC1. The largest absolute Gasteiger partial charge is 0.342 e. The molecule has 1 N–H and O–H groups in total. The highest BCUT2D eigenvalue weighted by Gasteiger charge is 2.27. The lowest BCUT2D eigenvalue weighted by Gasteiger charge is -2.37. The highest BCUT2D eigenvalue weighted by atomic mass is 16.2. The average molecular weight is 486 g/mol. The first-order valence-corrected chi connectivity index (χ1v) is 13.2. The van der Waals surface area contributed by atoms with Gasteiger partial charge in [0.1, 0.15) is 6.54 Å². The second-order valence-electron chi connectivity index (χ2n) is 10.1. The van der Waals surface area contributed by atoms with Crippen LogP contribution in [0.15, 0.2) is 18.2 Å². The molecule has 2 saturated heterocycles. The van der Waals surface area contributed by atoms with Crippen LogP contribution in [0.2, 0.25) is 0 Å². The molecular formula is C27H43N5O3. The van der Waals surface area contributed by atoms with Crippen molar-refractivity contribution in [3.63, 3.8) is 0 Å². The molecule has 194 valence electrons. The summed E-state index contributed by atoms with van der Waals surface area (Å²) in [4.78, 5) is 46.6. The predicted octanol–water partition coefficient (Wildman–Crippen LogP) is 2.50. The van der Waals surface area contributed by atoms with Gasteiger partial charge >= 0.3 is 0 Å². The van der Waals surface area contributed by atoms with Gasteiger partial charge in [0.05, 0.1) is 13.1 Å². The Morgan fingerprint density at radius 1 is 0.943 bits per heavy atom. The van der Waals surface area contributed by atoms with E-state index in [1.807, 2.05) is 50.8 Å². The molecule has 1 aromatic rings. The first-order chi connectivity index (χ1) is 16.8. The Morgan fingerprint density at radius 3 is 2.20 bits per heavy atom. The molecule has 0 saturated carbocycles. The summed E-state index contributed by atoms with van der Waals surface area (Å²) < 4.78 is 0. The highest BCUT2D eigenvalue weighted by molar-refractivity contribution is 5.95. The second kappa shape index (κ2) is 13.0. The molecule has 0 spiro atoms. The van der Waals surface area contributed by atoms with Gasteiger partial charge in [0, 0.05) is 51.0 Å². The van der Waals surface area contributed by atoms with E-state index in [2.05, 4.69) is 15.1 Å². The number of carbonyl (C=O) groups excluding carboxylic acids is 3. The van der Waals surface area contributed by atoms with Crippen molar-refractivity contribution in [3.05, 3.63) is 29.3 Å². The lowest BCUT2D eigenvalue weighted by molar-refractivity contribution is -0.138. The number of benzene rings is 1. The number of rotatable bonds is 9. The molecule has 3 amide bonds. The van der Waals surface area contributed by atoms with Crippen LogP contribution in [0.3, 0.4) is 0 Å². The minimum Gasteiger partial charge on any atom is -0.342 e. The van der Waals surface area contributed by atoms with Crippen LogP contribution in [-0.4, -0.2) is 102 Å². The standard InChI is InChI=1S/C27H43N5O3/c1-5-22(3)32(18-25(33)28-24-11-9-10-21(2)23(24)4)27(35)20-30-16-14-29(15-17-30)19-26(34)31-12-7-6-8-13-31/h9-11,22H,5-8,12-20H2,1-4H3,(H,28,33). The zero-order chi connectivity index (χ0) is 25.4. The van der Waals surface area contributed by atoms with Crippen LogP contribution in [0.4, 0.5) is 5.69 Å². The zero-order valence-corrected chi connectivity index (χ0v) is 22.0. The molecular weight excluding hydrogens is 442 g/mol. The number of hydrogen-bond acceptors (Lipinski definition) is 5. The van der Waals surface area contributed by atoms with E-state index < -0.39 is 0 Å². The number of aryl methyl sites for hydroxylation is 1. The third kappa shape index (κ3) is 7.77. The van der Waals surface area contributed by atoms with Gasteiger partial charge in [-0.3, -0.25) is 24.2 Å². The van der Waals surface area contributed by atoms with Crippen molar-refractivity contribution in [1.82, 2.24) is 19.6 Å². The maximum absolute atomic E-state index is 13.2. The molecule has 2 fully saturated rings. The molecule has 2 aliphatic heterocycles. The van der Waals surface area contributed by atoms with E-state index in [-0.39, 0.29) is 30.3 Å². The molecule has 1 atom stereocenters. The van der Waals surface area contributed by atoms with Crippen LogP contribution in [0, 0.1) is 13.8 Å². The Kier molecular flexibility index (Phi) is 10.1. The number of nitrogens with zero attached hydrogens (tertiary/aromatic N) is 4. The second-order valence-corrected chi connectivity index (χ2v) is 10.1. The molecule has 2 heterocycles. The summed E-state index contributed by atoms with van der Waals surface area (Å²) in [5.74, 6) is 0.0359. The molecule has 1 aromatic carbocycles. The maximum Gasteiger partial charge on any atom is 0.244 e. The smallest absolute Gasteiger partial charge is 0.244 e. The van der Waals surface area contributed by atoms with Crippen molar-refractivity contribution < 1.29 is 14.4 Å². The summed E-state index contributed by atoms with van der Waals surface area (Å²) in [6.07, 6.45) is 4.22. The lowest BCUT2D eigenvalue weighted by atomic mass is 10.1. The van der Waals surface area contributed by atoms with Crippen LogP contribution in [-0.2, 0) is 14.4 Å². The molecule has 0 bridgehead atoms. The van der Waals surface area contributed by atoms with Crippen LogP contribution in [0.5, 0.6) is 0 Å². The zero-order valence-electron chi connectivity index (χ0n) is 22.0. The highest BCUT2D eigenvalue weighted by Crippen LogP contribution is 2.18. The minimum absolute atomic E-state index is 0.0182. The monoisotopic (exact) mass is 485 g/mol. The summed E-state index contributed by atoms with van der Waals surface area (Å²) in [7, 11) is 0. The first-order valence-electron chi connectivity index (χ1n) is 13.2. The summed E-state index contributed by atoms with van der Waals surface area (Å²) in [6.45, 7) is 13.7. The number of likely N-dealkylation sites (tertiary alicyclic amines) is 1.